The molecule has 0 aliphatic carbocycles. The summed E-state index contributed by atoms with van der Waals surface area (Å²) in [7, 11) is 3.64. The third kappa shape index (κ3) is 5.04. The molecule has 0 heterocycles. The second-order valence-electron chi connectivity index (χ2n) is 4.32. The van der Waals surface area contributed by atoms with E-state index in [1.54, 1.807) is 7.11 Å². The van der Waals surface area contributed by atoms with Crippen molar-refractivity contribution in [2.24, 2.45) is 0 Å². The number of aliphatic hydroxyl groups excluding tert-OH is 1. The summed E-state index contributed by atoms with van der Waals surface area (Å²) in [4.78, 5) is 2.06. The smallest absolute Gasteiger partial charge is 0.123 e. The largest absolute Gasteiger partial charge is 0.496 e. The third-order valence-corrected chi connectivity index (χ3v) is 2.67. The van der Waals surface area contributed by atoms with Crippen LogP contribution in [0.2, 0.25) is 0 Å². The maximum Gasteiger partial charge on any atom is 0.123 e. The molecule has 1 atom stereocenters. The fourth-order valence-corrected chi connectivity index (χ4v) is 1.86. The monoisotopic (exact) mass is 253 g/mol. The van der Waals surface area contributed by atoms with E-state index in [9.17, 15) is 5.11 Å². The van der Waals surface area contributed by atoms with Crippen LogP contribution in [0.25, 0.3) is 0 Å². The van der Waals surface area contributed by atoms with E-state index in [0.717, 1.165) is 17.9 Å². The average Bonchev–Trinajstić information content (AvgIpc) is 2.36. The number of ether oxygens (including phenoxy) is 2. The number of methoxy groups -OCH3 is 1. The lowest BCUT2D eigenvalue weighted by molar-refractivity contribution is 0.0243. The Labute approximate surface area is 109 Å². The van der Waals surface area contributed by atoms with Gasteiger partial charge in [-0.1, -0.05) is 18.2 Å². The van der Waals surface area contributed by atoms with Crippen LogP contribution in [-0.4, -0.2) is 50.0 Å². The zero-order valence-electron chi connectivity index (χ0n) is 11.4. The first kappa shape index (κ1) is 15.0. The van der Waals surface area contributed by atoms with Crippen LogP contribution < -0.4 is 4.74 Å². The van der Waals surface area contributed by atoms with Crippen LogP contribution in [0.3, 0.4) is 0 Å². The Hall–Kier alpha value is -1.10. The SMILES string of the molecule is CCOCC(O)CN(C)Cc1ccccc1OC. The molecule has 0 amide bonds. The van der Waals surface area contributed by atoms with Gasteiger partial charge < -0.3 is 14.6 Å². The summed E-state index contributed by atoms with van der Waals surface area (Å²) in [6.45, 7) is 4.26. The number of hydrogen-bond acceptors (Lipinski definition) is 4. The molecule has 0 aromatic heterocycles. The molecule has 0 saturated carbocycles. The highest BCUT2D eigenvalue weighted by atomic mass is 16.5. The predicted octanol–water partition coefficient (Wildman–Crippen LogP) is 1.52. The van der Waals surface area contributed by atoms with Gasteiger partial charge >= 0.3 is 0 Å². The van der Waals surface area contributed by atoms with E-state index in [1.165, 1.54) is 0 Å². The van der Waals surface area contributed by atoms with Gasteiger partial charge in [-0.15, -0.1) is 0 Å². The number of rotatable bonds is 8. The maximum absolute atomic E-state index is 9.76. The summed E-state index contributed by atoms with van der Waals surface area (Å²) in [6, 6.07) is 7.92. The molecule has 0 saturated heterocycles. The summed E-state index contributed by atoms with van der Waals surface area (Å²) in [5.41, 5.74) is 1.12. The zero-order valence-corrected chi connectivity index (χ0v) is 11.4. The minimum absolute atomic E-state index is 0.382. The average molecular weight is 253 g/mol. The zero-order chi connectivity index (χ0) is 13.4. The fourth-order valence-electron chi connectivity index (χ4n) is 1.86. The second kappa shape index (κ2) is 8.08. The quantitative estimate of drug-likeness (QED) is 0.763. The Bertz CT molecular complexity index is 344. The predicted molar refractivity (Wildman–Crippen MR) is 71.8 cm³/mol. The van der Waals surface area contributed by atoms with Crippen molar-refractivity contribution in [3.05, 3.63) is 29.8 Å². The standard InChI is InChI=1S/C14H23NO3/c1-4-18-11-13(16)10-15(2)9-12-7-5-6-8-14(12)17-3/h5-8,13,16H,4,9-11H2,1-3H3. The van der Waals surface area contributed by atoms with Crippen molar-refractivity contribution >= 4 is 0 Å². The summed E-state index contributed by atoms with van der Waals surface area (Å²) in [5.74, 6) is 0.878. The highest BCUT2D eigenvalue weighted by molar-refractivity contribution is 5.32. The topological polar surface area (TPSA) is 41.9 Å². The summed E-state index contributed by atoms with van der Waals surface area (Å²) in [6.07, 6.45) is -0.454. The lowest BCUT2D eigenvalue weighted by atomic mass is 10.2. The van der Waals surface area contributed by atoms with Crippen molar-refractivity contribution in [3.8, 4) is 5.75 Å². The molecular weight excluding hydrogens is 230 g/mol. The van der Waals surface area contributed by atoms with Gasteiger partial charge in [0.05, 0.1) is 19.8 Å². The Balaban J connectivity index is 2.46. The molecule has 4 nitrogen and oxygen atoms in total. The van der Waals surface area contributed by atoms with E-state index >= 15 is 0 Å². The van der Waals surface area contributed by atoms with Crippen LogP contribution in [0.15, 0.2) is 24.3 Å². The summed E-state index contributed by atoms with van der Waals surface area (Å²) in [5, 5.41) is 9.76. The molecule has 1 aromatic carbocycles. The number of hydrogen-bond donors (Lipinski definition) is 1. The summed E-state index contributed by atoms with van der Waals surface area (Å²) >= 11 is 0. The molecule has 0 bridgehead atoms. The number of likely N-dealkylation sites (N-methyl/N-ethyl adjacent to an activating group) is 1. The summed E-state index contributed by atoms with van der Waals surface area (Å²) < 4.78 is 10.5. The lowest BCUT2D eigenvalue weighted by Crippen LogP contribution is -2.32. The van der Waals surface area contributed by atoms with E-state index in [0.29, 0.717) is 19.8 Å². The van der Waals surface area contributed by atoms with Crippen LogP contribution >= 0.6 is 0 Å². The minimum Gasteiger partial charge on any atom is -0.496 e. The Morgan fingerprint density at radius 3 is 2.72 bits per heavy atom. The number of benzene rings is 1. The van der Waals surface area contributed by atoms with Gasteiger partial charge in [0.15, 0.2) is 0 Å². The molecule has 0 aliphatic heterocycles. The second-order valence-corrected chi connectivity index (χ2v) is 4.32. The van der Waals surface area contributed by atoms with Crippen molar-refractivity contribution in [3.63, 3.8) is 0 Å². The van der Waals surface area contributed by atoms with Gasteiger partial charge in [-0.2, -0.15) is 0 Å². The number of para-hydroxylation sites is 1. The molecule has 18 heavy (non-hydrogen) atoms. The van der Waals surface area contributed by atoms with Crippen molar-refractivity contribution in [2.45, 2.75) is 19.6 Å². The fraction of sp³-hybridized carbons (Fsp3) is 0.571. The van der Waals surface area contributed by atoms with Gasteiger partial charge in [-0.05, 0) is 20.0 Å². The van der Waals surface area contributed by atoms with Gasteiger partial charge in [0.2, 0.25) is 0 Å². The lowest BCUT2D eigenvalue weighted by Gasteiger charge is -2.21. The first-order chi connectivity index (χ1) is 8.67. The van der Waals surface area contributed by atoms with Crippen molar-refractivity contribution in [1.82, 2.24) is 4.90 Å². The van der Waals surface area contributed by atoms with Gasteiger partial charge in [-0.3, -0.25) is 4.90 Å². The van der Waals surface area contributed by atoms with Crippen LogP contribution in [0.4, 0.5) is 0 Å². The molecule has 1 N–H and O–H groups in total. The van der Waals surface area contributed by atoms with Crippen LogP contribution in [0.5, 0.6) is 5.75 Å². The molecule has 1 unspecified atom stereocenters. The molecule has 0 aliphatic rings. The van der Waals surface area contributed by atoms with Crippen molar-refractivity contribution < 1.29 is 14.6 Å². The van der Waals surface area contributed by atoms with E-state index in [-0.39, 0.29) is 0 Å². The molecule has 4 heteroatoms. The molecule has 102 valence electrons. The van der Waals surface area contributed by atoms with Gasteiger partial charge in [0.1, 0.15) is 5.75 Å². The van der Waals surface area contributed by atoms with Gasteiger partial charge in [0.25, 0.3) is 0 Å². The molecule has 1 aromatic rings. The molecular formula is C14H23NO3. The molecule has 0 spiro atoms. The molecule has 0 radical (unpaired) electrons. The van der Waals surface area contributed by atoms with E-state index in [4.69, 9.17) is 9.47 Å². The number of nitrogens with zero attached hydrogens (tertiary/aromatic N) is 1. The Kier molecular flexibility index (Phi) is 6.72. The normalized spacial score (nSPS) is 12.7. The van der Waals surface area contributed by atoms with Crippen LogP contribution in [-0.2, 0) is 11.3 Å². The van der Waals surface area contributed by atoms with E-state index in [1.807, 2.05) is 38.2 Å². The van der Waals surface area contributed by atoms with E-state index < -0.39 is 6.10 Å². The maximum atomic E-state index is 9.76. The van der Waals surface area contributed by atoms with Gasteiger partial charge in [0, 0.05) is 25.3 Å². The molecule has 1 rings (SSSR count). The van der Waals surface area contributed by atoms with E-state index in [2.05, 4.69) is 4.90 Å². The highest BCUT2D eigenvalue weighted by Crippen LogP contribution is 2.18. The van der Waals surface area contributed by atoms with Crippen LogP contribution in [0, 0.1) is 0 Å². The Morgan fingerprint density at radius 1 is 1.33 bits per heavy atom. The van der Waals surface area contributed by atoms with Crippen LogP contribution in [0.1, 0.15) is 12.5 Å². The molecule has 0 fully saturated rings. The third-order valence-electron chi connectivity index (χ3n) is 2.67. The van der Waals surface area contributed by atoms with Crippen molar-refractivity contribution in [2.75, 3.05) is 33.9 Å². The minimum atomic E-state index is -0.454. The van der Waals surface area contributed by atoms with Crippen molar-refractivity contribution in [1.29, 1.82) is 0 Å². The Morgan fingerprint density at radius 2 is 2.06 bits per heavy atom. The first-order valence-electron chi connectivity index (χ1n) is 6.23. The number of aliphatic hydroxyl groups is 1. The highest BCUT2D eigenvalue weighted by Gasteiger charge is 2.10. The van der Waals surface area contributed by atoms with Gasteiger partial charge in [-0.25, -0.2) is 0 Å². The first-order valence-corrected chi connectivity index (χ1v) is 6.23.